The molecule has 0 fully saturated rings. The number of hydrogen-bond acceptors (Lipinski definition) is 4. The summed E-state index contributed by atoms with van der Waals surface area (Å²) in [5.41, 5.74) is 0. The van der Waals surface area contributed by atoms with Gasteiger partial charge in [0.25, 0.3) is 0 Å². The standard InChI is InChI=1S/C3H7.2C2H5O2.4CH4.2Be/c1-3-2;2*3-1-2-4;;;;;;/h3H,1-2H3;2*3H,1-2H2;4*1H4;;/q3*-1;;;;;2*+2. The molecule has 0 aromatic carbocycles. The van der Waals surface area contributed by atoms with Gasteiger partial charge in [0, 0.05) is 13.2 Å². The predicted octanol–water partition coefficient (Wildman–Crippen LogP) is -0.309. The Morgan fingerprint density at radius 3 is 0.824 bits per heavy atom. The smallest absolute Gasteiger partial charge is 0.853 e. The minimum absolute atomic E-state index is 0. The molecule has 0 aliphatic heterocycles. The van der Waals surface area contributed by atoms with Gasteiger partial charge in [0.15, 0.2) is 0 Å². The van der Waals surface area contributed by atoms with E-state index in [1.54, 1.807) is 0 Å². The number of aliphatic hydroxyl groups excluding tert-OH is 2. The van der Waals surface area contributed by atoms with Crippen molar-refractivity contribution in [1.82, 2.24) is 0 Å². The molecule has 0 aliphatic carbocycles. The summed E-state index contributed by atoms with van der Waals surface area (Å²) in [7, 11) is 0. The SMILES string of the molecule is C.C.C.C.C[CH-]C.[Be+2].[Be+2].[O-]CCO.[O-]CCO. The molecule has 0 saturated carbocycles. The maximum absolute atomic E-state index is 9.05. The minimum Gasteiger partial charge on any atom is -0.853 e. The molecule has 0 aliphatic rings. The van der Waals surface area contributed by atoms with Crippen LogP contribution >= 0.6 is 0 Å². The Labute approximate surface area is 118 Å². The quantitative estimate of drug-likeness (QED) is 0.518. The second kappa shape index (κ2) is 139. The van der Waals surface area contributed by atoms with Crippen LogP contribution in [0.4, 0.5) is 0 Å². The van der Waals surface area contributed by atoms with Crippen molar-refractivity contribution in [2.24, 2.45) is 0 Å². The fourth-order valence-corrected chi connectivity index (χ4v) is 0. The first-order valence-electron chi connectivity index (χ1n) is 3.36. The van der Waals surface area contributed by atoms with Gasteiger partial charge in [0.1, 0.15) is 0 Å². The first kappa shape index (κ1) is 67.2. The van der Waals surface area contributed by atoms with Crippen LogP contribution < -0.4 is 10.2 Å². The summed E-state index contributed by atoms with van der Waals surface area (Å²) in [6, 6.07) is 0. The van der Waals surface area contributed by atoms with Gasteiger partial charge in [-0.2, -0.15) is 13.8 Å². The maximum Gasteiger partial charge on any atom is 2.00 e. The Kier molecular flexibility index (Phi) is 550. The Morgan fingerprint density at radius 1 is 0.765 bits per heavy atom. The van der Waals surface area contributed by atoms with Crippen LogP contribution in [0.25, 0.3) is 0 Å². The van der Waals surface area contributed by atoms with Crippen molar-refractivity contribution in [1.29, 1.82) is 0 Å². The molecule has 17 heavy (non-hydrogen) atoms. The van der Waals surface area contributed by atoms with Crippen molar-refractivity contribution in [2.45, 2.75) is 43.6 Å². The summed E-state index contributed by atoms with van der Waals surface area (Å²) >= 11 is 0. The van der Waals surface area contributed by atoms with Gasteiger partial charge in [-0.25, -0.2) is 0 Å². The summed E-state index contributed by atoms with van der Waals surface area (Å²) < 4.78 is 0. The molecular formula is C11H33Be2O4+. The van der Waals surface area contributed by atoms with Crippen LogP contribution in [0.5, 0.6) is 0 Å². The third-order valence-electron chi connectivity index (χ3n) is 0.183. The molecule has 0 aromatic rings. The van der Waals surface area contributed by atoms with Crippen molar-refractivity contribution < 1.29 is 20.4 Å². The largest absolute Gasteiger partial charge is 2.00 e. The van der Waals surface area contributed by atoms with Crippen LogP contribution in [0, 0.1) is 6.42 Å². The van der Waals surface area contributed by atoms with Gasteiger partial charge in [-0.15, -0.1) is 13.2 Å². The Balaban J connectivity index is -0.00000000691. The molecular weight excluding hydrogens is 214 g/mol. The van der Waals surface area contributed by atoms with E-state index in [1.165, 1.54) is 0 Å². The fraction of sp³-hybridized carbons (Fsp3) is 0.909. The molecule has 0 heterocycles. The van der Waals surface area contributed by atoms with E-state index in [9.17, 15) is 0 Å². The van der Waals surface area contributed by atoms with Gasteiger partial charge in [0.2, 0.25) is 0 Å². The molecule has 0 rings (SSSR count). The van der Waals surface area contributed by atoms with Crippen LogP contribution in [0.2, 0.25) is 0 Å². The number of hydrogen-bond donors (Lipinski definition) is 2. The summed E-state index contributed by atoms with van der Waals surface area (Å²) in [5.74, 6) is 0. The van der Waals surface area contributed by atoms with Crippen molar-refractivity contribution in [3.8, 4) is 0 Å². The van der Waals surface area contributed by atoms with Crippen molar-refractivity contribution >= 4 is 20.2 Å². The molecule has 6 heteroatoms. The van der Waals surface area contributed by atoms with Gasteiger partial charge in [0.05, 0.1) is 0 Å². The molecule has 0 unspecified atom stereocenters. The summed E-state index contributed by atoms with van der Waals surface area (Å²) in [6.07, 6.45) is 2.00. The average molecular weight is 247 g/mol. The summed E-state index contributed by atoms with van der Waals surface area (Å²) in [5, 5.41) is 33.2. The van der Waals surface area contributed by atoms with Gasteiger partial charge >= 0.3 is 20.2 Å². The van der Waals surface area contributed by atoms with E-state index in [0.717, 1.165) is 0 Å². The molecule has 0 atom stereocenters. The van der Waals surface area contributed by atoms with E-state index in [1.807, 2.05) is 20.3 Å². The van der Waals surface area contributed by atoms with E-state index in [4.69, 9.17) is 20.4 Å². The number of aliphatic hydroxyl groups is 2. The zero-order valence-corrected chi connectivity index (χ0v) is 8.53. The third-order valence-corrected chi connectivity index (χ3v) is 0.183. The predicted molar refractivity (Wildman–Crippen MR) is 78.0 cm³/mol. The van der Waals surface area contributed by atoms with Crippen molar-refractivity contribution in [3.63, 3.8) is 0 Å². The van der Waals surface area contributed by atoms with Crippen LogP contribution in [0.15, 0.2) is 0 Å². The third kappa shape index (κ3) is 686. The molecule has 0 radical (unpaired) electrons. The van der Waals surface area contributed by atoms with E-state index in [2.05, 4.69) is 0 Å². The zero-order chi connectivity index (χ0) is 9.54. The van der Waals surface area contributed by atoms with E-state index >= 15 is 0 Å². The summed E-state index contributed by atoms with van der Waals surface area (Å²) in [4.78, 5) is 0. The van der Waals surface area contributed by atoms with Gasteiger partial charge < -0.3 is 26.8 Å². The van der Waals surface area contributed by atoms with Gasteiger partial charge in [-0.1, -0.05) is 29.7 Å². The fourth-order valence-electron chi connectivity index (χ4n) is 0. The maximum atomic E-state index is 9.05. The molecule has 0 bridgehead atoms. The Hall–Kier alpha value is 0.178. The second-order valence-corrected chi connectivity index (χ2v) is 1.43. The summed E-state index contributed by atoms with van der Waals surface area (Å²) in [6.45, 7) is 2.78. The van der Waals surface area contributed by atoms with E-state index in [0.29, 0.717) is 0 Å². The monoisotopic (exact) mass is 247 g/mol. The first-order chi connectivity index (χ1) is 5.24. The zero-order valence-electron chi connectivity index (χ0n) is 8.53. The Morgan fingerprint density at radius 2 is 0.824 bits per heavy atom. The van der Waals surface area contributed by atoms with Crippen LogP contribution in [0.1, 0.15) is 43.6 Å². The first-order valence-corrected chi connectivity index (χ1v) is 3.36. The molecule has 0 aromatic heterocycles. The van der Waals surface area contributed by atoms with Gasteiger partial charge in [-0.3, -0.25) is 0 Å². The molecule has 104 valence electrons. The Bertz CT molecular complexity index is 36.7. The minimum atomic E-state index is -0.375. The van der Waals surface area contributed by atoms with E-state index in [-0.39, 0.29) is 76.4 Å². The van der Waals surface area contributed by atoms with Crippen molar-refractivity contribution in [3.05, 3.63) is 6.42 Å². The van der Waals surface area contributed by atoms with Gasteiger partial charge in [-0.05, 0) is 0 Å². The molecule has 2 N–H and O–H groups in total. The van der Waals surface area contributed by atoms with E-state index < -0.39 is 0 Å². The second-order valence-electron chi connectivity index (χ2n) is 1.43. The van der Waals surface area contributed by atoms with Crippen LogP contribution in [0.3, 0.4) is 0 Å². The molecule has 0 spiro atoms. The van der Waals surface area contributed by atoms with Crippen molar-refractivity contribution in [2.75, 3.05) is 26.4 Å². The molecule has 0 amide bonds. The normalized spacial score (nSPS) is 4.59. The van der Waals surface area contributed by atoms with Crippen LogP contribution in [-0.4, -0.2) is 56.9 Å². The molecule has 4 nitrogen and oxygen atoms in total. The molecule has 0 saturated heterocycles. The number of rotatable bonds is 2. The topological polar surface area (TPSA) is 86.6 Å². The average Bonchev–Trinajstić information content (AvgIpc) is 2.06. The van der Waals surface area contributed by atoms with Crippen LogP contribution in [-0.2, 0) is 0 Å².